The topological polar surface area (TPSA) is 91.6 Å². The number of hydrogen-bond acceptors (Lipinski definition) is 4. The Bertz CT molecular complexity index is 705. The molecule has 1 aromatic carbocycles. The van der Waals surface area contributed by atoms with E-state index >= 15 is 0 Å². The fourth-order valence-electron chi connectivity index (χ4n) is 2.30. The van der Waals surface area contributed by atoms with E-state index in [0.717, 1.165) is 24.2 Å². The average molecular weight is 286 g/mol. The molecule has 0 atom stereocenters. The number of rotatable bonds is 4. The fraction of sp³-hybridized carbons (Fsp3) is 0.200. The van der Waals surface area contributed by atoms with Crippen LogP contribution in [0.25, 0.3) is 0 Å². The molecular formula is C15H14N2O4. The highest BCUT2D eigenvalue weighted by Crippen LogP contribution is 2.22. The molecular weight excluding hydrogens is 272 g/mol. The van der Waals surface area contributed by atoms with Crippen molar-refractivity contribution >= 4 is 17.6 Å². The van der Waals surface area contributed by atoms with Crippen molar-refractivity contribution in [1.29, 1.82) is 0 Å². The van der Waals surface area contributed by atoms with E-state index in [4.69, 9.17) is 9.52 Å². The Hall–Kier alpha value is -2.76. The number of carboxylic acids is 1. The number of carboxylic acid groups (broad SMARTS) is 1. The van der Waals surface area contributed by atoms with E-state index in [-0.39, 0.29) is 18.2 Å². The highest BCUT2D eigenvalue weighted by molar-refractivity contribution is 5.95. The lowest BCUT2D eigenvalue weighted by molar-refractivity contribution is 0.0660. The van der Waals surface area contributed by atoms with E-state index in [1.807, 2.05) is 12.1 Å². The van der Waals surface area contributed by atoms with Crippen LogP contribution in [-0.2, 0) is 13.0 Å². The van der Waals surface area contributed by atoms with Gasteiger partial charge in [-0.3, -0.25) is 4.79 Å². The van der Waals surface area contributed by atoms with Crippen molar-refractivity contribution in [2.45, 2.75) is 13.0 Å². The zero-order valence-electron chi connectivity index (χ0n) is 11.2. The number of benzene rings is 1. The Morgan fingerprint density at radius 3 is 2.90 bits per heavy atom. The number of aromatic carboxylic acids is 1. The molecule has 0 unspecified atom stereocenters. The third-order valence-corrected chi connectivity index (χ3v) is 3.37. The molecule has 0 saturated heterocycles. The Morgan fingerprint density at radius 2 is 2.14 bits per heavy atom. The Morgan fingerprint density at radius 1 is 1.29 bits per heavy atom. The quantitative estimate of drug-likeness (QED) is 0.798. The van der Waals surface area contributed by atoms with E-state index in [1.165, 1.54) is 12.1 Å². The first-order valence-electron chi connectivity index (χ1n) is 6.60. The van der Waals surface area contributed by atoms with Crippen molar-refractivity contribution in [3.63, 3.8) is 0 Å². The highest BCUT2D eigenvalue weighted by Gasteiger charge is 2.14. The van der Waals surface area contributed by atoms with E-state index < -0.39 is 5.97 Å². The first-order chi connectivity index (χ1) is 10.1. The molecule has 1 aliphatic rings. The molecule has 3 rings (SSSR count). The maximum Gasteiger partial charge on any atom is 0.371 e. The standard InChI is InChI=1S/C15H14N2O4/c18-14(10-1-3-12-9(7-10)5-6-16-12)17-8-11-2-4-13(21-11)15(19)20/h1-4,7,16H,5-6,8H2,(H,17,18)(H,19,20). The molecule has 21 heavy (non-hydrogen) atoms. The van der Waals surface area contributed by atoms with Crippen LogP contribution in [0, 0.1) is 0 Å². The molecule has 1 aliphatic heterocycles. The number of anilines is 1. The minimum atomic E-state index is -1.13. The van der Waals surface area contributed by atoms with Gasteiger partial charge in [0.1, 0.15) is 5.76 Å². The summed E-state index contributed by atoms with van der Waals surface area (Å²) >= 11 is 0. The lowest BCUT2D eigenvalue weighted by Crippen LogP contribution is -2.22. The minimum absolute atomic E-state index is 0.136. The third kappa shape index (κ3) is 2.74. The van der Waals surface area contributed by atoms with Crippen LogP contribution in [0.15, 0.2) is 34.7 Å². The predicted molar refractivity (Wildman–Crippen MR) is 75.5 cm³/mol. The fourth-order valence-corrected chi connectivity index (χ4v) is 2.30. The lowest BCUT2D eigenvalue weighted by atomic mass is 10.1. The maximum absolute atomic E-state index is 12.1. The van der Waals surface area contributed by atoms with E-state index in [9.17, 15) is 9.59 Å². The monoisotopic (exact) mass is 286 g/mol. The number of carbonyl (C=O) groups is 2. The van der Waals surface area contributed by atoms with Crippen LogP contribution in [0.5, 0.6) is 0 Å². The summed E-state index contributed by atoms with van der Waals surface area (Å²) in [7, 11) is 0. The number of carbonyl (C=O) groups excluding carboxylic acids is 1. The van der Waals surface area contributed by atoms with Gasteiger partial charge in [0.2, 0.25) is 5.76 Å². The molecule has 108 valence electrons. The largest absolute Gasteiger partial charge is 0.475 e. The van der Waals surface area contributed by atoms with Crippen LogP contribution in [0.3, 0.4) is 0 Å². The van der Waals surface area contributed by atoms with Crippen LogP contribution in [0.4, 0.5) is 5.69 Å². The molecule has 2 aromatic rings. The van der Waals surface area contributed by atoms with Crippen molar-refractivity contribution in [3.8, 4) is 0 Å². The average Bonchev–Trinajstić information content (AvgIpc) is 3.12. The van der Waals surface area contributed by atoms with Crippen LogP contribution >= 0.6 is 0 Å². The van der Waals surface area contributed by atoms with Crippen molar-refractivity contribution in [1.82, 2.24) is 5.32 Å². The molecule has 0 bridgehead atoms. The first-order valence-corrected chi connectivity index (χ1v) is 6.60. The van der Waals surface area contributed by atoms with Crippen LogP contribution in [-0.4, -0.2) is 23.5 Å². The molecule has 1 aromatic heterocycles. The van der Waals surface area contributed by atoms with Crippen LogP contribution in [0.2, 0.25) is 0 Å². The second-order valence-electron chi connectivity index (χ2n) is 4.80. The molecule has 0 spiro atoms. The summed E-state index contributed by atoms with van der Waals surface area (Å²) in [6.07, 6.45) is 0.913. The Kier molecular flexibility index (Phi) is 3.35. The molecule has 6 heteroatoms. The van der Waals surface area contributed by atoms with Crippen molar-refractivity contribution < 1.29 is 19.1 Å². The summed E-state index contributed by atoms with van der Waals surface area (Å²) in [4.78, 5) is 22.8. The number of nitrogens with one attached hydrogen (secondary N) is 2. The third-order valence-electron chi connectivity index (χ3n) is 3.37. The number of amides is 1. The van der Waals surface area contributed by atoms with Gasteiger partial charge in [0, 0.05) is 17.8 Å². The van der Waals surface area contributed by atoms with Gasteiger partial charge in [-0.25, -0.2) is 4.79 Å². The van der Waals surface area contributed by atoms with Gasteiger partial charge in [0.15, 0.2) is 0 Å². The molecule has 0 fully saturated rings. The molecule has 1 amide bonds. The van der Waals surface area contributed by atoms with Gasteiger partial charge in [-0.05, 0) is 42.3 Å². The van der Waals surface area contributed by atoms with Crippen LogP contribution in [0.1, 0.15) is 32.2 Å². The smallest absolute Gasteiger partial charge is 0.371 e. The lowest BCUT2D eigenvalue weighted by Gasteiger charge is -2.05. The van der Waals surface area contributed by atoms with Crippen molar-refractivity contribution in [2.24, 2.45) is 0 Å². The number of fused-ring (bicyclic) bond motifs is 1. The first kappa shape index (κ1) is 13.2. The second kappa shape index (κ2) is 5.32. The molecule has 2 heterocycles. The molecule has 0 radical (unpaired) electrons. The molecule has 6 nitrogen and oxygen atoms in total. The van der Waals surface area contributed by atoms with E-state index in [0.29, 0.717) is 11.3 Å². The second-order valence-corrected chi connectivity index (χ2v) is 4.80. The zero-order valence-corrected chi connectivity index (χ0v) is 11.2. The van der Waals surface area contributed by atoms with Crippen molar-refractivity contribution in [2.75, 3.05) is 11.9 Å². The summed E-state index contributed by atoms with van der Waals surface area (Å²) in [6, 6.07) is 8.43. The molecule has 0 aliphatic carbocycles. The summed E-state index contributed by atoms with van der Waals surface area (Å²) in [5.41, 5.74) is 2.79. The van der Waals surface area contributed by atoms with E-state index in [2.05, 4.69) is 10.6 Å². The van der Waals surface area contributed by atoms with Gasteiger partial charge >= 0.3 is 5.97 Å². The van der Waals surface area contributed by atoms with Gasteiger partial charge in [-0.15, -0.1) is 0 Å². The summed E-state index contributed by atoms with van der Waals surface area (Å²) in [5.74, 6) is -1.07. The summed E-state index contributed by atoms with van der Waals surface area (Å²) < 4.78 is 5.08. The number of hydrogen-bond donors (Lipinski definition) is 3. The maximum atomic E-state index is 12.1. The van der Waals surface area contributed by atoms with Gasteiger partial charge in [0.05, 0.1) is 6.54 Å². The summed E-state index contributed by atoms with van der Waals surface area (Å²) in [6.45, 7) is 1.05. The predicted octanol–water partition coefficient (Wildman–Crippen LogP) is 1.88. The van der Waals surface area contributed by atoms with Gasteiger partial charge in [-0.2, -0.15) is 0 Å². The zero-order chi connectivity index (χ0) is 14.8. The summed E-state index contributed by atoms with van der Waals surface area (Å²) in [5, 5.41) is 14.7. The van der Waals surface area contributed by atoms with Crippen LogP contribution < -0.4 is 10.6 Å². The Balaban J connectivity index is 1.64. The number of furan rings is 1. The van der Waals surface area contributed by atoms with Gasteiger partial charge < -0.3 is 20.2 Å². The van der Waals surface area contributed by atoms with Gasteiger partial charge in [-0.1, -0.05) is 0 Å². The molecule has 0 saturated carbocycles. The normalized spacial score (nSPS) is 12.6. The minimum Gasteiger partial charge on any atom is -0.475 e. The molecule has 3 N–H and O–H groups in total. The SMILES string of the molecule is O=C(NCc1ccc(C(=O)O)o1)c1ccc2c(c1)CCN2. The highest BCUT2D eigenvalue weighted by atomic mass is 16.4. The van der Waals surface area contributed by atoms with Gasteiger partial charge in [0.25, 0.3) is 5.91 Å². The Labute approximate surface area is 120 Å². The van der Waals surface area contributed by atoms with Crippen molar-refractivity contribution in [3.05, 3.63) is 53.0 Å². The van der Waals surface area contributed by atoms with E-state index in [1.54, 1.807) is 6.07 Å².